The Balaban J connectivity index is 2.23. The number of nitrogens with two attached hydrogens (primary N) is 2. The summed E-state index contributed by atoms with van der Waals surface area (Å²) in [5.41, 5.74) is 10.5. The SMILES string of the molecule is CCn1ccnc1CC(NN)c1ccccc1N. The topological polar surface area (TPSA) is 81.9 Å². The molecule has 0 aliphatic rings. The summed E-state index contributed by atoms with van der Waals surface area (Å²) in [5.74, 6) is 6.64. The number of nitrogens with zero attached hydrogens (tertiary/aromatic N) is 2. The van der Waals surface area contributed by atoms with Crippen molar-refractivity contribution in [2.24, 2.45) is 5.84 Å². The normalized spacial score (nSPS) is 12.6. The average molecular weight is 245 g/mol. The molecule has 1 aromatic heterocycles. The molecule has 0 fully saturated rings. The third-order valence-corrected chi connectivity index (χ3v) is 3.10. The fourth-order valence-electron chi connectivity index (χ4n) is 2.09. The number of hydrogen-bond donors (Lipinski definition) is 3. The van der Waals surface area contributed by atoms with Gasteiger partial charge in [-0.05, 0) is 18.6 Å². The molecule has 2 rings (SSSR count). The number of hydrogen-bond acceptors (Lipinski definition) is 4. The molecule has 0 radical (unpaired) electrons. The lowest BCUT2D eigenvalue weighted by Gasteiger charge is -2.18. The van der Waals surface area contributed by atoms with Crippen LogP contribution in [-0.4, -0.2) is 9.55 Å². The van der Waals surface area contributed by atoms with Crippen molar-refractivity contribution >= 4 is 5.69 Å². The van der Waals surface area contributed by atoms with Crippen molar-refractivity contribution < 1.29 is 0 Å². The van der Waals surface area contributed by atoms with Crippen LogP contribution < -0.4 is 17.0 Å². The van der Waals surface area contributed by atoms with Crippen LogP contribution in [0.3, 0.4) is 0 Å². The van der Waals surface area contributed by atoms with Crippen molar-refractivity contribution in [1.29, 1.82) is 0 Å². The van der Waals surface area contributed by atoms with Crippen molar-refractivity contribution in [3.8, 4) is 0 Å². The molecule has 1 atom stereocenters. The smallest absolute Gasteiger partial charge is 0.110 e. The predicted molar refractivity (Wildman–Crippen MR) is 72.5 cm³/mol. The van der Waals surface area contributed by atoms with Gasteiger partial charge in [-0.1, -0.05) is 18.2 Å². The van der Waals surface area contributed by atoms with Crippen LogP contribution in [0, 0.1) is 0 Å². The van der Waals surface area contributed by atoms with Gasteiger partial charge in [0.25, 0.3) is 0 Å². The zero-order valence-corrected chi connectivity index (χ0v) is 10.5. The number of nitrogen functional groups attached to an aromatic ring is 1. The van der Waals surface area contributed by atoms with E-state index in [4.69, 9.17) is 11.6 Å². The molecule has 96 valence electrons. The number of hydrazine groups is 1. The van der Waals surface area contributed by atoms with E-state index >= 15 is 0 Å². The summed E-state index contributed by atoms with van der Waals surface area (Å²) in [6.07, 6.45) is 4.49. The van der Waals surface area contributed by atoms with Crippen LogP contribution in [-0.2, 0) is 13.0 Å². The molecule has 0 aliphatic heterocycles. The first-order valence-electron chi connectivity index (χ1n) is 6.06. The molecule has 1 aromatic carbocycles. The van der Waals surface area contributed by atoms with Gasteiger partial charge in [0, 0.05) is 31.0 Å². The highest BCUT2D eigenvalue weighted by Gasteiger charge is 2.15. The second-order valence-electron chi connectivity index (χ2n) is 4.18. The van der Waals surface area contributed by atoms with Crippen LogP contribution in [0.15, 0.2) is 36.7 Å². The van der Waals surface area contributed by atoms with Gasteiger partial charge in [-0.15, -0.1) is 0 Å². The first kappa shape index (κ1) is 12.6. The Labute approximate surface area is 107 Å². The Hall–Kier alpha value is -1.85. The minimum atomic E-state index is -0.0288. The number of nitrogens with one attached hydrogen (secondary N) is 1. The molecule has 1 heterocycles. The minimum Gasteiger partial charge on any atom is -0.398 e. The van der Waals surface area contributed by atoms with E-state index in [-0.39, 0.29) is 6.04 Å². The van der Waals surface area contributed by atoms with Gasteiger partial charge in [0.2, 0.25) is 0 Å². The third-order valence-electron chi connectivity index (χ3n) is 3.10. The van der Waals surface area contributed by atoms with Crippen LogP contribution in [0.1, 0.15) is 24.4 Å². The molecular weight excluding hydrogens is 226 g/mol. The number of aromatic nitrogens is 2. The highest BCUT2D eigenvalue weighted by molar-refractivity contribution is 5.48. The Kier molecular flexibility index (Phi) is 3.96. The summed E-state index contributed by atoms with van der Waals surface area (Å²) in [6.45, 7) is 2.99. The Morgan fingerprint density at radius 1 is 1.39 bits per heavy atom. The van der Waals surface area contributed by atoms with Gasteiger partial charge in [0.1, 0.15) is 5.82 Å². The molecule has 0 bridgehead atoms. The van der Waals surface area contributed by atoms with E-state index in [9.17, 15) is 0 Å². The van der Waals surface area contributed by atoms with Crippen LogP contribution in [0.4, 0.5) is 5.69 Å². The zero-order chi connectivity index (χ0) is 13.0. The molecule has 0 aliphatic carbocycles. The van der Waals surface area contributed by atoms with Crippen molar-refractivity contribution in [3.63, 3.8) is 0 Å². The summed E-state index contributed by atoms with van der Waals surface area (Å²) in [4.78, 5) is 4.36. The highest BCUT2D eigenvalue weighted by atomic mass is 15.2. The van der Waals surface area contributed by atoms with E-state index in [0.717, 1.165) is 23.6 Å². The fourth-order valence-corrected chi connectivity index (χ4v) is 2.09. The van der Waals surface area contributed by atoms with Crippen LogP contribution >= 0.6 is 0 Å². The highest BCUT2D eigenvalue weighted by Crippen LogP contribution is 2.22. The molecule has 0 saturated heterocycles. The van der Waals surface area contributed by atoms with E-state index in [2.05, 4.69) is 21.9 Å². The number of rotatable bonds is 5. The van der Waals surface area contributed by atoms with E-state index in [1.807, 2.05) is 30.5 Å². The lowest BCUT2D eigenvalue weighted by molar-refractivity contribution is 0.524. The summed E-state index contributed by atoms with van der Waals surface area (Å²) in [7, 11) is 0. The van der Waals surface area contributed by atoms with Gasteiger partial charge in [-0.3, -0.25) is 11.3 Å². The average Bonchev–Trinajstić information content (AvgIpc) is 2.84. The Morgan fingerprint density at radius 2 is 2.17 bits per heavy atom. The zero-order valence-electron chi connectivity index (χ0n) is 10.5. The second-order valence-corrected chi connectivity index (χ2v) is 4.18. The molecule has 2 aromatic rings. The van der Waals surface area contributed by atoms with Crippen molar-refractivity contribution in [2.75, 3.05) is 5.73 Å². The van der Waals surface area contributed by atoms with Crippen molar-refractivity contribution in [1.82, 2.24) is 15.0 Å². The number of imidazole rings is 1. The third kappa shape index (κ3) is 2.52. The molecule has 5 nitrogen and oxygen atoms in total. The summed E-state index contributed by atoms with van der Waals surface area (Å²) >= 11 is 0. The maximum atomic E-state index is 5.97. The molecule has 18 heavy (non-hydrogen) atoms. The number of para-hydroxylation sites is 1. The Morgan fingerprint density at radius 3 is 2.83 bits per heavy atom. The van der Waals surface area contributed by atoms with Gasteiger partial charge >= 0.3 is 0 Å². The van der Waals surface area contributed by atoms with Crippen molar-refractivity contribution in [2.45, 2.75) is 25.9 Å². The number of anilines is 1. The maximum absolute atomic E-state index is 5.97. The van der Waals surface area contributed by atoms with E-state index in [0.29, 0.717) is 6.42 Å². The molecule has 5 N–H and O–H groups in total. The summed E-state index contributed by atoms with van der Waals surface area (Å²) in [5, 5.41) is 0. The number of aryl methyl sites for hydroxylation is 1. The first-order valence-corrected chi connectivity index (χ1v) is 6.06. The van der Waals surface area contributed by atoms with Gasteiger partial charge in [0.05, 0.1) is 6.04 Å². The van der Waals surface area contributed by atoms with Crippen LogP contribution in [0.2, 0.25) is 0 Å². The lowest BCUT2D eigenvalue weighted by Crippen LogP contribution is -2.31. The van der Waals surface area contributed by atoms with E-state index in [1.165, 1.54) is 0 Å². The standard InChI is InChI=1S/C13H19N5/c1-2-18-8-7-16-13(18)9-12(17-15)10-5-3-4-6-11(10)14/h3-8,12,17H,2,9,14-15H2,1H3. The molecule has 0 saturated carbocycles. The minimum absolute atomic E-state index is 0.0288. The van der Waals surface area contributed by atoms with Gasteiger partial charge in [-0.25, -0.2) is 4.98 Å². The van der Waals surface area contributed by atoms with Gasteiger partial charge in [0.15, 0.2) is 0 Å². The molecule has 0 amide bonds. The quantitative estimate of drug-likeness (QED) is 0.420. The predicted octanol–water partition coefficient (Wildman–Crippen LogP) is 1.23. The van der Waals surface area contributed by atoms with E-state index < -0.39 is 0 Å². The van der Waals surface area contributed by atoms with Crippen LogP contribution in [0.5, 0.6) is 0 Å². The Bertz CT molecular complexity index is 506. The summed E-state index contributed by atoms with van der Waals surface area (Å²) < 4.78 is 2.10. The largest absolute Gasteiger partial charge is 0.398 e. The molecule has 1 unspecified atom stereocenters. The molecule has 0 spiro atoms. The van der Waals surface area contributed by atoms with Crippen LogP contribution in [0.25, 0.3) is 0 Å². The van der Waals surface area contributed by atoms with Crippen molar-refractivity contribution in [3.05, 3.63) is 48.0 Å². The monoisotopic (exact) mass is 245 g/mol. The lowest BCUT2D eigenvalue weighted by atomic mass is 10.0. The van der Waals surface area contributed by atoms with Gasteiger partial charge < -0.3 is 10.3 Å². The second kappa shape index (κ2) is 5.66. The summed E-state index contributed by atoms with van der Waals surface area (Å²) in [6, 6.07) is 7.71. The molecule has 5 heteroatoms. The molecular formula is C13H19N5. The van der Waals surface area contributed by atoms with Gasteiger partial charge in [-0.2, -0.15) is 0 Å². The van der Waals surface area contributed by atoms with E-state index in [1.54, 1.807) is 6.20 Å². The maximum Gasteiger partial charge on any atom is 0.110 e. The first-order chi connectivity index (χ1) is 8.76. The number of benzene rings is 1. The fraction of sp³-hybridized carbons (Fsp3) is 0.308.